The van der Waals surface area contributed by atoms with Crippen LogP contribution in [-0.2, 0) is 0 Å². The minimum Gasteiger partial charge on any atom is -0.506 e. The number of aromatic hydroxyl groups is 2. The molecule has 0 aliphatic rings. The number of methoxy groups -OCH3 is 2. The number of tetrazole rings is 3. The second-order valence-electron chi connectivity index (χ2n) is 13.6. The average Bonchev–Trinajstić information content (AvgIpc) is 4.15. The van der Waals surface area contributed by atoms with Crippen molar-refractivity contribution in [3.8, 4) is 85.4 Å². The molecule has 2 N–H and O–H groups in total. The Morgan fingerprint density at radius 2 is 0.708 bits per heavy atom. The van der Waals surface area contributed by atoms with Gasteiger partial charge in [0.2, 0.25) is 0 Å². The van der Waals surface area contributed by atoms with Gasteiger partial charge >= 0.3 is 0 Å². The zero-order valence-electron chi connectivity index (χ0n) is 34.5. The maximum atomic E-state index is 10.2. The lowest BCUT2D eigenvalue weighted by Gasteiger charge is -2.13. The molecule has 0 saturated carbocycles. The second-order valence-corrected chi connectivity index (χ2v) is 15.9. The van der Waals surface area contributed by atoms with Crippen LogP contribution in [0.15, 0.2) is 170 Å². The van der Waals surface area contributed by atoms with Crippen molar-refractivity contribution in [2.24, 2.45) is 0 Å². The molecule has 0 radical (unpaired) electrons. The van der Waals surface area contributed by atoms with Crippen LogP contribution in [0, 0.1) is 7.14 Å². The molecule has 0 atom stereocenters. The molecule has 10 rings (SSSR count). The lowest BCUT2D eigenvalue weighted by atomic mass is 9.98. The van der Waals surface area contributed by atoms with E-state index in [0.717, 1.165) is 52.1 Å². The van der Waals surface area contributed by atoms with E-state index in [1.54, 1.807) is 55.3 Å². The third kappa shape index (κ3) is 9.67. The van der Waals surface area contributed by atoms with Crippen molar-refractivity contribution >= 4 is 45.2 Å². The molecule has 0 amide bonds. The summed E-state index contributed by atoms with van der Waals surface area (Å²) in [7, 11) is 3.28. The largest absolute Gasteiger partial charge is 0.506 e. The SMILES string of the molecule is COc1ccccc1-c1ccccc1-c1nnnn1-c1ccccc1O.COc1ccccc1-n1nnnc1-c1ccccc1I.Oc1ccccc1-n1nnnc1-c1ccccc1I. The average molecular weight is 1090 g/mol. The first-order valence-corrected chi connectivity index (χ1v) is 21.8. The number of phenols is 2. The zero-order valence-corrected chi connectivity index (χ0v) is 38.8. The minimum absolute atomic E-state index is 0.107. The number of phenolic OH excluding ortho intramolecular Hbond substituents is 2. The Morgan fingerprint density at radius 1 is 0.369 bits per heavy atom. The van der Waals surface area contributed by atoms with Gasteiger partial charge in [-0.15, -0.1) is 15.3 Å². The van der Waals surface area contributed by atoms with Crippen LogP contribution in [0.25, 0.3) is 62.4 Å². The number of benzene rings is 7. The summed E-state index contributed by atoms with van der Waals surface area (Å²) in [6.45, 7) is 0. The Kier molecular flexibility index (Phi) is 14.0. The molecule has 0 fully saturated rings. The molecule has 10 aromatic rings. The molecule has 7 aromatic carbocycles. The fraction of sp³-hybridized carbons (Fsp3) is 0.0426. The van der Waals surface area contributed by atoms with Crippen molar-refractivity contribution in [1.82, 2.24) is 60.6 Å². The Hall–Kier alpha value is -7.59. The van der Waals surface area contributed by atoms with Crippen molar-refractivity contribution in [3.63, 3.8) is 0 Å². The van der Waals surface area contributed by atoms with E-state index < -0.39 is 0 Å². The lowest BCUT2D eigenvalue weighted by molar-refractivity contribution is 0.411. The summed E-state index contributed by atoms with van der Waals surface area (Å²) in [6, 6.07) is 53.0. The highest BCUT2D eigenvalue weighted by Gasteiger charge is 2.20. The predicted molar refractivity (Wildman–Crippen MR) is 261 cm³/mol. The van der Waals surface area contributed by atoms with E-state index in [2.05, 4.69) is 91.8 Å². The molecule has 3 heterocycles. The fourth-order valence-corrected chi connectivity index (χ4v) is 7.97. The first kappa shape index (κ1) is 44.0. The maximum Gasteiger partial charge on any atom is 0.188 e. The van der Waals surface area contributed by atoms with Crippen LogP contribution < -0.4 is 9.47 Å². The van der Waals surface area contributed by atoms with Gasteiger partial charge in [0.15, 0.2) is 17.5 Å². The maximum absolute atomic E-state index is 10.2. The summed E-state index contributed by atoms with van der Waals surface area (Å²) >= 11 is 4.51. The summed E-state index contributed by atoms with van der Waals surface area (Å²) in [5, 5.41) is 55.9. The highest BCUT2D eigenvalue weighted by molar-refractivity contribution is 14.1. The molecule has 18 heteroatoms. The third-order valence-corrected chi connectivity index (χ3v) is 11.6. The van der Waals surface area contributed by atoms with E-state index in [1.165, 1.54) is 9.36 Å². The molecule has 322 valence electrons. The Labute approximate surface area is 399 Å². The molecule has 0 spiro atoms. The highest BCUT2D eigenvalue weighted by Crippen LogP contribution is 2.37. The van der Waals surface area contributed by atoms with Crippen LogP contribution in [0.1, 0.15) is 0 Å². The van der Waals surface area contributed by atoms with E-state index in [1.807, 2.05) is 133 Å². The standard InChI is InChI=1S/C20H16N4O2.C14H11IN4O.C13H9IN4O/c1-26-19-13-7-4-9-15(19)14-8-2-3-10-16(14)20-21-22-23-24(20)17-11-5-6-12-18(17)25;1-20-13-9-5-4-8-12(13)19-14(16-17-18-19)10-6-2-3-7-11(10)15;14-10-6-2-1-5-9(10)13-15-16-17-18(13)11-7-3-4-8-12(11)19/h2-13,25H,1H3;2-9H,1H3;1-8,19H. The van der Waals surface area contributed by atoms with Gasteiger partial charge in [0.05, 0.1) is 14.2 Å². The van der Waals surface area contributed by atoms with Gasteiger partial charge in [0.25, 0.3) is 0 Å². The lowest BCUT2D eigenvalue weighted by Crippen LogP contribution is -2.03. The van der Waals surface area contributed by atoms with Crippen LogP contribution in [0.3, 0.4) is 0 Å². The molecule has 16 nitrogen and oxygen atoms in total. The normalized spacial score (nSPS) is 10.6. The van der Waals surface area contributed by atoms with Crippen molar-refractivity contribution in [2.45, 2.75) is 0 Å². The number of halogens is 2. The third-order valence-electron chi connectivity index (χ3n) is 9.74. The van der Waals surface area contributed by atoms with Gasteiger partial charge in [0, 0.05) is 29.4 Å². The molecule has 0 aliphatic heterocycles. The quantitative estimate of drug-likeness (QED) is 0.130. The molecule has 0 unspecified atom stereocenters. The van der Waals surface area contributed by atoms with Crippen LogP contribution >= 0.6 is 45.2 Å². The first-order valence-electron chi connectivity index (χ1n) is 19.7. The summed E-state index contributed by atoms with van der Waals surface area (Å²) in [5.74, 6) is 3.57. The van der Waals surface area contributed by atoms with E-state index in [9.17, 15) is 10.2 Å². The number of hydrogen-bond donors (Lipinski definition) is 2. The Balaban J connectivity index is 0.000000135. The zero-order chi connectivity index (χ0) is 45.1. The number of hydrogen-bond acceptors (Lipinski definition) is 13. The number of rotatable bonds is 9. The Morgan fingerprint density at radius 3 is 1.17 bits per heavy atom. The van der Waals surface area contributed by atoms with Gasteiger partial charge in [-0.3, -0.25) is 0 Å². The first-order chi connectivity index (χ1) is 31.9. The van der Waals surface area contributed by atoms with E-state index in [-0.39, 0.29) is 11.5 Å². The molecular weight excluding hydrogens is 1050 g/mol. The fourth-order valence-electron chi connectivity index (χ4n) is 6.71. The monoisotopic (exact) mass is 1090 g/mol. The van der Waals surface area contributed by atoms with Gasteiger partial charge in [-0.2, -0.15) is 14.0 Å². The summed E-state index contributed by atoms with van der Waals surface area (Å²) in [4.78, 5) is 0. The smallest absolute Gasteiger partial charge is 0.188 e. The van der Waals surface area contributed by atoms with Gasteiger partial charge in [-0.25, -0.2) is 0 Å². The van der Waals surface area contributed by atoms with E-state index in [4.69, 9.17) is 9.47 Å². The second kappa shape index (κ2) is 20.7. The topological polar surface area (TPSA) is 190 Å². The molecule has 0 aliphatic carbocycles. The van der Waals surface area contributed by atoms with Crippen molar-refractivity contribution in [3.05, 3.63) is 177 Å². The van der Waals surface area contributed by atoms with Crippen LogP contribution in [0.5, 0.6) is 23.0 Å². The summed E-state index contributed by atoms with van der Waals surface area (Å²) in [6.07, 6.45) is 0. The summed E-state index contributed by atoms with van der Waals surface area (Å²) in [5.41, 5.74) is 6.53. The molecule has 65 heavy (non-hydrogen) atoms. The highest BCUT2D eigenvalue weighted by atomic mass is 127. The van der Waals surface area contributed by atoms with E-state index >= 15 is 0 Å². The number of nitrogens with zero attached hydrogens (tertiary/aromatic N) is 12. The van der Waals surface area contributed by atoms with Gasteiger partial charge in [-0.1, -0.05) is 115 Å². The van der Waals surface area contributed by atoms with Gasteiger partial charge in [0.1, 0.15) is 40.1 Å². The van der Waals surface area contributed by atoms with Crippen LogP contribution in [0.2, 0.25) is 0 Å². The molecule has 0 saturated heterocycles. The molecule has 0 bridgehead atoms. The number of para-hydroxylation sites is 7. The predicted octanol–water partition coefficient (Wildman–Crippen LogP) is 9.29. The summed E-state index contributed by atoms with van der Waals surface area (Å²) < 4.78 is 17.8. The van der Waals surface area contributed by atoms with Crippen molar-refractivity contribution in [2.75, 3.05) is 14.2 Å². The van der Waals surface area contributed by atoms with Crippen molar-refractivity contribution < 1.29 is 19.7 Å². The minimum atomic E-state index is 0.107. The molecular formula is C47H36I2N12O4. The van der Waals surface area contributed by atoms with Gasteiger partial charge in [-0.05, 0) is 137 Å². The number of aromatic nitrogens is 12. The van der Waals surface area contributed by atoms with Crippen LogP contribution in [0.4, 0.5) is 0 Å². The van der Waals surface area contributed by atoms with Gasteiger partial charge < -0.3 is 19.7 Å². The van der Waals surface area contributed by atoms with Crippen LogP contribution in [-0.4, -0.2) is 85.1 Å². The molecule has 3 aromatic heterocycles. The number of ether oxygens (including phenoxy) is 2. The Bertz CT molecular complexity index is 3130. The van der Waals surface area contributed by atoms with Crippen molar-refractivity contribution in [1.29, 1.82) is 0 Å². The van der Waals surface area contributed by atoms with E-state index in [0.29, 0.717) is 28.8 Å².